The first kappa shape index (κ1) is 12.8. The lowest BCUT2D eigenvalue weighted by molar-refractivity contribution is 0.102. The number of nitrogen functional groups attached to an aromatic ring is 1. The molecule has 0 fully saturated rings. The summed E-state index contributed by atoms with van der Waals surface area (Å²) in [6, 6.07) is 1.66. The number of carbonyl (C=O) groups is 1. The summed E-state index contributed by atoms with van der Waals surface area (Å²) in [5.41, 5.74) is 6.77. The standard InChI is InChI=1S/C11H14N6O2/c1-6-4-8(19-3)14-11(13-6)15-10(18)9-7(12)5-17(2)16-9/h4-5H,12H2,1-3H3,(H,13,14,15,18). The first-order valence-corrected chi connectivity index (χ1v) is 5.49. The van der Waals surface area contributed by atoms with Gasteiger partial charge in [0.2, 0.25) is 11.8 Å². The quantitative estimate of drug-likeness (QED) is 0.826. The molecule has 1 amide bonds. The lowest BCUT2D eigenvalue weighted by atomic mass is 10.3. The van der Waals surface area contributed by atoms with Crippen molar-refractivity contribution >= 4 is 17.5 Å². The molecule has 0 radical (unpaired) electrons. The Labute approximate surface area is 109 Å². The molecule has 0 aromatic carbocycles. The fourth-order valence-electron chi connectivity index (χ4n) is 1.54. The van der Waals surface area contributed by atoms with E-state index in [4.69, 9.17) is 10.5 Å². The van der Waals surface area contributed by atoms with Crippen LogP contribution in [0.5, 0.6) is 5.88 Å². The molecule has 0 spiro atoms. The highest BCUT2D eigenvalue weighted by Crippen LogP contribution is 2.14. The molecule has 2 aromatic heterocycles. The number of hydrogen-bond donors (Lipinski definition) is 2. The second-order valence-corrected chi connectivity index (χ2v) is 3.94. The third-order valence-corrected chi connectivity index (χ3v) is 2.34. The van der Waals surface area contributed by atoms with Gasteiger partial charge in [-0.25, -0.2) is 4.98 Å². The number of anilines is 2. The van der Waals surface area contributed by atoms with Gasteiger partial charge in [0, 0.05) is 25.0 Å². The normalized spacial score (nSPS) is 10.3. The van der Waals surface area contributed by atoms with Gasteiger partial charge in [-0.1, -0.05) is 0 Å². The molecule has 2 heterocycles. The number of methoxy groups -OCH3 is 1. The molecule has 8 heteroatoms. The predicted molar refractivity (Wildman–Crippen MR) is 68.9 cm³/mol. The van der Waals surface area contributed by atoms with Gasteiger partial charge in [-0.05, 0) is 6.92 Å². The molecule has 2 rings (SSSR count). The number of nitrogens with two attached hydrogens (primary N) is 1. The molecule has 0 unspecified atom stereocenters. The van der Waals surface area contributed by atoms with Crippen molar-refractivity contribution in [1.29, 1.82) is 0 Å². The van der Waals surface area contributed by atoms with E-state index in [0.717, 1.165) is 0 Å². The Morgan fingerprint density at radius 1 is 1.47 bits per heavy atom. The number of aromatic nitrogens is 4. The Bertz CT molecular complexity index is 622. The van der Waals surface area contributed by atoms with Crippen LogP contribution in [0.3, 0.4) is 0 Å². The summed E-state index contributed by atoms with van der Waals surface area (Å²) in [5, 5.41) is 6.50. The van der Waals surface area contributed by atoms with Crippen LogP contribution in [0.1, 0.15) is 16.2 Å². The summed E-state index contributed by atoms with van der Waals surface area (Å²) >= 11 is 0. The van der Waals surface area contributed by atoms with Gasteiger partial charge in [-0.15, -0.1) is 0 Å². The third-order valence-electron chi connectivity index (χ3n) is 2.34. The molecule has 0 saturated carbocycles. The van der Waals surface area contributed by atoms with E-state index in [1.807, 2.05) is 0 Å². The first-order valence-electron chi connectivity index (χ1n) is 5.49. The van der Waals surface area contributed by atoms with Crippen LogP contribution in [0.4, 0.5) is 11.6 Å². The third kappa shape index (κ3) is 2.79. The monoisotopic (exact) mass is 262 g/mol. The van der Waals surface area contributed by atoms with Crippen LogP contribution < -0.4 is 15.8 Å². The molecule has 0 bridgehead atoms. The van der Waals surface area contributed by atoms with Crippen molar-refractivity contribution in [2.24, 2.45) is 7.05 Å². The van der Waals surface area contributed by atoms with Crippen molar-refractivity contribution in [3.8, 4) is 5.88 Å². The van der Waals surface area contributed by atoms with Crippen LogP contribution in [0.25, 0.3) is 0 Å². The molecule has 3 N–H and O–H groups in total. The van der Waals surface area contributed by atoms with Gasteiger partial charge < -0.3 is 10.5 Å². The van der Waals surface area contributed by atoms with Gasteiger partial charge in [0.1, 0.15) is 0 Å². The molecular formula is C11H14N6O2. The van der Waals surface area contributed by atoms with Gasteiger partial charge in [0.25, 0.3) is 5.91 Å². The van der Waals surface area contributed by atoms with E-state index in [-0.39, 0.29) is 11.6 Å². The largest absolute Gasteiger partial charge is 0.481 e. The Morgan fingerprint density at radius 2 is 2.21 bits per heavy atom. The van der Waals surface area contributed by atoms with Crippen LogP contribution in [0.15, 0.2) is 12.3 Å². The van der Waals surface area contributed by atoms with Crippen LogP contribution in [0.2, 0.25) is 0 Å². The van der Waals surface area contributed by atoms with Gasteiger partial charge in [-0.3, -0.25) is 14.8 Å². The van der Waals surface area contributed by atoms with Gasteiger partial charge in [-0.2, -0.15) is 10.1 Å². The van der Waals surface area contributed by atoms with Crippen LogP contribution >= 0.6 is 0 Å². The predicted octanol–water partition coefficient (Wildman–Crippen LogP) is 0.362. The minimum atomic E-state index is -0.467. The van der Waals surface area contributed by atoms with E-state index < -0.39 is 5.91 Å². The van der Waals surface area contributed by atoms with E-state index in [9.17, 15) is 4.79 Å². The molecule has 0 saturated heterocycles. The molecule has 19 heavy (non-hydrogen) atoms. The van der Waals surface area contributed by atoms with Gasteiger partial charge in [0.05, 0.1) is 12.8 Å². The molecule has 2 aromatic rings. The second kappa shape index (κ2) is 4.92. The highest BCUT2D eigenvalue weighted by Gasteiger charge is 2.15. The number of nitrogens with zero attached hydrogens (tertiary/aromatic N) is 4. The fraction of sp³-hybridized carbons (Fsp3) is 0.273. The summed E-state index contributed by atoms with van der Waals surface area (Å²) in [5.74, 6) is 0.0504. The number of amides is 1. The second-order valence-electron chi connectivity index (χ2n) is 3.94. The Morgan fingerprint density at radius 3 is 2.79 bits per heavy atom. The maximum Gasteiger partial charge on any atom is 0.280 e. The Kier molecular flexibility index (Phi) is 3.32. The topological polar surface area (TPSA) is 108 Å². The summed E-state index contributed by atoms with van der Waals surface area (Å²) in [6.45, 7) is 1.77. The van der Waals surface area contributed by atoms with Crippen molar-refractivity contribution in [3.63, 3.8) is 0 Å². The minimum Gasteiger partial charge on any atom is -0.481 e. The van der Waals surface area contributed by atoms with Crippen molar-refractivity contribution in [2.45, 2.75) is 6.92 Å². The summed E-state index contributed by atoms with van der Waals surface area (Å²) in [4.78, 5) is 20.1. The zero-order valence-corrected chi connectivity index (χ0v) is 10.8. The molecule has 0 aliphatic heterocycles. The van der Waals surface area contributed by atoms with E-state index in [2.05, 4.69) is 20.4 Å². The van der Waals surface area contributed by atoms with Crippen molar-refractivity contribution < 1.29 is 9.53 Å². The highest BCUT2D eigenvalue weighted by molar-refractivity contribution is 6.05. The van der Waals surface area contributed by atoms with E-state index >= 15 is 0 Å². The average molecular weight is 262 g/mol. The number of ether oxygens (including phenoxy) is 1. The number of carbonyl (C=O) groups excluding carboxylic acids is 1. The first-order chi connectivity index (χ1) is 8.99. The summed E-state index contributed by atoms with van der Waals surface area (Å²) < 4.78 is 6.46. The molecule has 100 valence electrons. The smallest absolute Gasteiger partial charge is 0.280 e. The number of nitrogens with one attached hydrogen (secondary N) is 1. The molecule has 8 nitrogen and oxygen atoms in total. The Balaban J connectivity index is 2.23. The van der Waals surface area contributed by atoms with Crippen LogP contribution in [-0.4, -0.2) is 32.8 Å². The Hall–Kier alpha value is -2.64. The zero-order valence-electron chi connectivity index (χ0n) is 10.8. The summed E-state index contributed by atoms with van der Waals surface area (Å²) in [6.07, 6.45) is 1.55. The lowest BCUT2D eigenvalue weighted by Gasteiger charge is -2.05. The van der Waals surface area contributed by atoms with Crippen molar-refractivity contribution in [2.75, 3.05) is 18.2 Å². The average Bonchev–Trinajstić information content (AvgIpc) is 2.67. The van der Waals surface area contributed by atoms with Crippen LogP contribution in [-0.2, 0) is 7.05 Å². The zero-order chi connectivity index (χ0) is 14.0. The minimum absolute atomic E-state index is 0.131. The number of hydrogen-bond acceptors (Lipinski definition) is 6. The van der Waals surface area contributed by atoms with E-state index in [0.29, 0.717) is 17.3 Å². The van der Waals surface area contributed by atoms with Gasteiger partial charge >= 0.3 is 0 Å². The number of aryl methyl sites for hydroxylation is 2. The van der Waals surface area contributed by atoms with E-state index in [1.165, 1.54) is 11.8 Å². The molecule has 0 atom stereocenters. The lowest BCUT2D eigenvalue weighted by Crippen LogP contribution is -2.17. The maximum absolute atomic E-state index is 12.0. The SMILES string of the molecule is COc1cc(C)nc(NC(=O)c2nn(C)cc2N)n1. The summed E-state index contributed by atoms with van der Waals surface area (Å²) in [7, 11) is 3.17. The van der Waals surface area contributed by atoms with Crippen LogP contribution in [0, 0.1) is 6.92 Å². The van der Waals surface area contributed by atoms with Crippen molar-refractivity contribution in [3.05, 3.63) is 23.7 Å². The van der Waals surface area contributed by atoms with E-state index in [1.54, 1.807) is 26.2 Å². The highest BCUT2D eigenvalue weighted by atomic mass is 16.5. The molecule has 0 aliphatic rings. The van der Waals surface area contributed by atoms with Gasteiger partial charge in [0.15, 0.2) is 5.69 Å². The maximum atomic E-state index is 12.0. The fourth-order valence-corrected chi connectivity index (χ4v) is 1.54. The molecule has 0 aliphatic carbocycles. The van der Waals surface area contributed by atoms with Crippen molar-refractivity contribution in [1.82, 2.24) is 19.7 Å². The number of rotatable bonds is 3. The molecular weight excluding hydrogens is 248 g/mol.